The van der Waals surface area contributed by atoms with Crippen LogP contribution in [-0.2, 0) is 14.1 Å². The smallest absolute Gasteiger partial charge is 0.315 e. The van der Waals surface area contributed by atoms with Crippen molar-refractivity contribution >= 4 is 52.7 Å². The first-order valence-electron chi connectivity index (χ1n) is 15.9. The van der Waals surface area contributed by atoms with Gasteiger partial charge in [-0.3, -0.25) is 9.79 Å². The van der Waals surface area contributed by atoms with Gasteiger partial charge in [0.2, 0.25) is 11.8 Å². The molecule has 8 nitrogen and oxygen atoms in total. The highest BCUT2D eigenvalue weighted by atomic mass is 32.2. The minimum absolute atomic E-state index is 0.0558. The number of aliphatic imine (C=N–C) groups is 1. The van der Waals surface area contributed by atoms with Gasteiger partial charge in [-0.15, -0.1) is 0 Å². The van der Waals surface area contributed by atoms with Crippen molar-refractivity contribution in [3.63, 3.8) is 0 Å². The summed E-state index contributed by atoms with van der Waals surface area (Å²) in [7, 11) is -1.49. The lowest BCUT2D eigenvalue weighted by atomic mass is 10.0. The summed E-state index contributed by atoms with van der Waals surface area (Å²) in [5, 5.41) is 11.7. The van der Waals surface area contributed by atoms with Gasteiger partial charge in [0.25, 0.3) is 0 Å². The maximum Gasteiger partial charge on any atom is 0.315 e. The van der Waals surface area contributed by atoms with Gasteiger partial charge in [-0.05, 0) is 38.2 Å². The fraction of sp³-hybridized carbons (Fsp3) is 0.400. The van der Waals surface area contributed by atoms with Gasteiger partial charge in [0.15, 0.2) is 7.14 Å². The van der Waals surface area contributed by atoms with E-state index in [1.54, 1.807) is 7.05 Å². The largest absolute Gasteiger partial charge is 0.477 e. The Hall–Kier alpha value is -3.55. The third-order valence-corrected chi connectivity index (χ3v) is 13.0. The first-order valence-corrected chi connectivity index (χ1v) is 18.6. The van der Waals surface area contributed by atoms with Gasteiger partial charge < -0.3 is 25.3 Å². The number of carbonyl (C=O) groups excluding carboxylic acids is 2. The summed E-state index contributed by atoms with van der Waals surface area (Å²) in [5.74, 6) is 1.53. The summed E-state index contributed by atoms with van der Waals surface area (Å²) in [5.41, 5.74) is 0.735. The molecule has 3 N–H and O–H groups in total. The van der Waals surface area contributed by atoms with Gasteiger partial charge in [-0.25, -0.2) is 4.79 Å². The van der Waals surface area contributed by atoms with Crippen LogP contribution in [0, 0.1) is 0 Å². The van der Waals surface area contributed by atoms with Crippen molar-refractivity contribution in [1.82, 2.24) is 16.0 Å². The number of unbranched alkanes of at least 4 members (excludes halogenated alkanes) is 3. The number of urea groups is 1. The van der Waals surface area contributed by atoms with Gasteiger partial charge in [0.1, 0.15) is 0 Å². The number of fused-ring (bicyclic) bond motifs is 1. The molecule has 2 saturated heterocycles. The zero-order valence-electron chi connectivity index (χ0n) is 25.8. The van der Waals surface area contributed by atoms with E-state index < -0.39 is 7.14 Å². The van der Waals surface area contributed by atoms with Crippen molar-refractivity contribution < 1.29 is 18.9 Å². The molecule has 2 aliphatic rings. The van der Waals surface area contributed by atoms with E-state index >= 15 is 0 Å². The first-order chi connectivity index (χ1) is 22.0. The van der Waals surface area contributed by atoms with Crippen LogP contribution in [0.2, 0.25) is 0 Å². The summed E-state index contributed by atoms with van der Waals surface area (Å²) in [6.45, 7) is 1.13. The van der Waals surface area contributed by atoms with Crippen LogP contribution < -0.4 is 31.9 Å². The van der Waals surface area contributed by atoms with Gasteiger partial charge in [-0.1, -0.05) is 85.3 Å². The number of hydrogen-bond donors (Lipinski definition) is 3. The lowest BCUT2D eigenvalue weighted by Gasteiger charge is -2.23. The van der Waals surface area contributed by atoms with Gasteiger partial charge >= 0.3 is 6.03 Å². The molecule has 0 spiro atoms. The highest BCUT2D eigenvalue weighted by Crippen LogP contribution is 2.43. The maximum absolute atomic E-state index is 15.0. The predicted octanol–water partition coefficient (Wildman–Crippen LogP) is 4.73. The SMILES string of the molecule is C/N=C(\OCCCCCNC(=O)CCCC[C@@H]1SC[C@@H]2NC(=O)N[C@@H]21)c1ccccc1P(=O)(c1ccccc1)c1ccccc1. The quantitative estimate of drug-likeness (QED) is 0.0728. The molecule has 2 aliphatic heterocycles. The zero-order valence-corrected chi connectivity index (χ0v) is 27.5. The van der Waals surface area contributed by atoms with E-state index in [1.165, 1.54) is 0 Å². The van der Waals surface area contributed by atoms with Gasteiger partial charge in [0, 0.05) is 52.5 Å². The highest BCUT2D eigenvalue weighted by molar-refractivity contribution is 8.00. The molecule has 5 rings (SSSR count). The van der Waals surface area contributed by atoms with E-state index in [1.807, 2.05) is 96.7 Å². The highest BCUT2D eigenvalue weighted by Gasteiger charge is 2.42. The van der Waals surface area contributed by atoms with E-state index in [2.05, 4.69) is 20.9 Å². The Bertz CT molecular complexity index is 1460. The molecular weight excluding hydrogens is 603 g/mol. The second kappa shape index (κ2) is 16.1. The number of carbonyl (C=O) groups is 2. The van der Waals surface area contributed by atoms with Crippen molar-refractivity contribution in [2.75, 3.05) is 26.0 Å². The number of thioether (sulfide) groups is 1. The minimum atomic E-state index is -3.19. The average Bonchev–Trinajstić information content (AvgIpc) is 3.64. The number of benzene rings is 3. The normalized spacial score (nSPS) is 19.4. The Morgan fingerprint density at radius 2 is 1.60 bits per heavy atom. The standard InChI is InChI=1S/C35H43N4O4PS/c1-36-34(28-19-9-10-20-30(28)44(42,26-15-5-2-6-16-26)27-17-7-3-8-18-27)43-24-14-4-13-23-37-32(40)22-12-11-21-31-33-29(25-45-31)38-35(41)39-33/h2-3,5-10,15-20,29,31,33H,4,11-14,21-25H2,1H3,(H,37,40)(H2,38,39,41)/b36-34-/t29-,31-,33-/m0/s1. The van der Waals surface area contributed by atoms with Crippen LogP contribution in [0.4, 0.5) is 4.79 Å². The van der Waals surface area contributed by atoms with E-state index in [0.29, 0.717) is 36.0 Å². The molecule has 2 fully saturated rings. The molecule has 3 atom stereocenters. The third-order valence-electron chi connectivity index (χ3n) is 8.38. The first kappa shape index (κ1) is 32.8. The summed E-state index contributed by atoms with van der Waals surface area (Å²) < 4.78 is 21.2. The Labute approximate surface area is 270 Å². The van der Waals surface area contributed by atoms with Crippen LogP contribution in [0.5, 0.6) is 0 Å². The second-order valence-corrected chi connectivity index (χ2v) is 15.5. The van der Waals surface area contributed by atoms with Crippen molar-refractivity contribution in [2.24, 2.45) is 4.99 Å². The molecule has 0 aromatic heterocycles. The van der Waals surface area contributed by atoms with E-state index in [0.717, 1.165) is 60.5 Å². The van der Waals surface area contributed by atoms with Crippen molar-refractivity contribution in [3.8, 4) is 0 Å². The van der Waals surface area contributed by atoms with Crippen molar-refractivity contribution in [2.45, 2.75) is 62.3 Å². The number of hydrogen-bond acceptors (Lipinski definition) is 6. The molecule has 3 amide bonds. The summed E-state index contributed by atoms with van der Waals surface area (Å²) >= 11 is 1.91. The second-order valence-electron chi connectivity index (χ2n) is 11.5. The van der Waals surface area contributed by atoms with Crippen LogP contribution in [-0.4, -0.2) is 61.1 Å². The molecule has 2 heterocycles. The number of nitrogens with zero attached hydrogens (tertiary/aromatic N) is 1. The van der Waals surface area contributed by atoms with Crippen LogP contribution in [0.25, 0.3) is 0 Å². The molecule has 238 valence electrons. The Balaban J connectivity index is 1.05. The van der Waals surface area contributed by atoms with Crippen LogP contribution in [0.15, 0.2) is 89.9 Å². The monoisotopic (exact) mass is 646 g/mol. The summed E-state index contributed by atoms with van der Waals surface area (Å²) in [6, 6.07) is 27.3. The fourth-order valence-corrected chi connectivity index (χ4v) is 10.4. The van der Waals surface area contributed by atoms with Gasteiger partial charge in [-0.2, -0.15) is 11.8 Å². The molecule has 0 unspecified atom stereocenters. The van der Waals surface area contributed by atoms with Gasteiger partial charge in [0.05, 0.1) is 18.7 Å². The number of nitrogens with one attached hydrogen (secondary N) is 3. The molecular formula is C35H43N4O4PS. The van der Waals surface area contributed by atoms with Crippen LogP contribution in [0.1, 0.15) is 50.5 Å². The predicted molar refractivity (Wildman–Crippen MR) is 185 cm³/mol. The lowest BCUT2D eigenvalue weighted by Crippen LogP contribution is -2.36. The van der Waals surface area contributed by atoms with Crippen LogP contribution >= 0.6 is 18.9 Å². The topological polar surface area (TPSA) is 109 Å². The van der Waals surface area contributed by atoms with E-state index in [4.69, 9.17) is 4.74 Å². The number of ether oxygens (including phenoxy) is 1. The third kappa shape index (κ3) is 8.19. The lowest BCUT2D eigenvalue weighted by molar-refractivity contribution is -0.121. The van der Waals surface area contributed by atoms with E-state index in [-0.39, 0.29) is 24.0 Å². The molecule has 45 heavy (non-hydrogen) atoms. The van der Waals surface area contributed by atoms with Crippen molar-refractivity contribution in [1.29, 1.82) is 0 Å². The minimum Gasteiger partial charge on any atom is -0.477 e. The average molecular weight is 647 g/mol. The molecule has 0 aliphatic carbocycles. The fourth-order valence-electron chi connectivity index (χ4n) is 6.06. The van der Waals surface area contributed by atoms with Crippen molar-refractivity contribution in [3.05, 3.63) is 90.5 Å². The molecule has 10 heteroatoms. The number of amides is 3. The molecule has 0 bridgehead atoms. The Morgan fingerprint density at radius 1 is 0.911 bits per heavy atom. The van der Waals surface area contributed by atoms with Crippen LogP contribution in [0.3, 0.4) is 0 Å². The Morgan fingerprint density at radius 3 is 2.31 bits per heavy atom. The summed E-state index contributed by atoms with van der Waals surface area (Å²) in [4.78, 5) is 28.3. The molecule has 3 aromatic carbocycles. The maximum atomic E-state index is 15.0. The number of rotatable bonds is 15. The zero-order chi connectivity index (χ0) is 31.5. The Kier molecular flexibility index (Phi) is 11.8. The summed E-state index contributed by atoms with van der Waals surface area (Å²) in [6.07, 6.45) is 5.99. The molecule has 0 radical (unpaired) electrons. The molecule has 0 saturated carbocycles. The molecule has 3 aromatic rings. The van der Waals surface area contributed by atoms with E-state index in [9.17, 15) is 14.2 Å².